The van der Waals surface area contributed by atoms with Gasteiger partial charge in [-0.2, -0.15) is 0 Å². The lowest BCUT2D eigenvalue weighted by Gasteiger charge is -2.12. The number of rotatable bonds is 6. The Balaban J connectivity index is 1.54. The maximum Gasteiger partial charge on any atom is 0.256 e. The third-order valence-corrected chi connectivity index (χ3v) is 4.21. The SMILES string of the molecule is CC(C)(C)c1cc(NC(=O)c2ccc(OCCc3ccccc3F)cc2)no1. The van der Waals surface area contributed by atoms with Crippen LogP contribution in [0.3, 0.4) is 0 Å². The van der Waals surface area contributed by atoms with E-state index in [-0.39, 0.29) is 17.1 Å². The van der Waals surface area contributed by atoms with E-state index in [0.717, 1.165) is 0 Å². The van der Waals surface area contributed by atoms with Crippen molar-refractivity contribution in [2.24, 2.45) is 0 Å². The van der Waals surface area contributed by atoms with Gasteiger partial charge in [0.1, 0.15) is 17.3 Å². The van der Waals surface area contributed by atoms with Gasteiger partial charge in [-0.05, 0) is 35.9 Å². The zero-order valence-electron chi connectivity index (χ0n) is 16.2. The standard InChI is InChI=1S/C22H23FN2O3/c1-22(2,3)19-14-20(25-28-19)24-21(26)16-8-10-17(11-9-16)27-13-12-15-6-4-5-7-18(15)23/h4-11,14H,12-13H2,1-3H3,(H,24,25,26). The number of benzene rings is 2. The normalized spacial score (nSPS) is 11.3. The summed E-state index contributed by atoms with van der Waals surface area (Å²) in [7, 11) is 0. The summed E-state index contributed by atoms with van der Waals surface area (Å²) in [5, 5.41) is 6.59. The van der Waals surface area contributed by atoms with Crippen LogP contribution >= 0.6 is 0 Å². The largest absolute Gasteiger partial charge is 0.493 e. The second kappa shape index (κ2) is 8.25. The summed E-state index contributed by atoms with van der Waals surface area (Å²) in [5.74, 6) is 1.16. The van der Waals surface area contributed by atoms with E-state index >= 15 is 0 Å². The van der Waals surface area contributed by atoms with Crippen LogP contribution in [-0.2, 0) is 11.8 Å². The number of carbonyl (C=O) groups is 1. The zero-order chi connectivity index (χ0) is 20.1. The van der Waals surface area contributed by atoms with E-state index in [0.29, 0.717) is 41.5 Å². The topological polar surface area (TPSA) is 64.4 Å². The molecule has 0 spiro atoms. The monoisotopic (exact) mass is 382 g/mol. The van der Waals surface area contributed by atoms with Crippen LogP contribution in [0.5, 0.6) is 5.75 Å². The van der Waals surface area contributed by atoms with Crippen molar-refractivity contribution in [2.75, 3.05) is 11.9 Å². The van der Waals surface area contributed by atoms with Crippen LogP contribution in [0, 0.1) is 5.82 Å². The van der Waals surface area contributed by atoms with Crippen LogP contribution < -0.4 is 10.1 Å². The molecule has 0 aliphatic heterocycles. The van der Waals surface area contributed by atoms with Crippen LogP contribution in [-0.4, -0.2) is 17.7 Å². The summed E-state index contributed by atoms with van der Waals surface area (Å²) in [6.07, 6.45) is 0.469. The van der Waals surface area contributed by atoms with Gasteiger partial charge in [0.2, 0.25) is 0 Å². The lowest BCUT2D eigenvalue weighted by molar-refractivity contribution is 0.102. The summed E-state index contributed by atoms with van der Waals surface area (Å²) in [6, 6.07) is 15.1. The highest BCUT2D eigenvalue weighted by atomic mass is 19.1. The molecule has 3 aromatic rings. The number of hydrogen-bond acceptors (Lipinski definition) is 4. The van der Waals surface area contributed by atoms with Crippen molar-refractivity contribution in [1.82, 2.24) is 5.16 Å². The quantitative estimate of drug-likeness (QED) is 0.653. The average molecular weight is 382 g/mol. The number of nitrogens with one attached hydrogen (secondary N) is 1. The zero-order valence-corrected chi connectivity index (χ0v) is 16.2. The Hall–Kier alpha value is -3.15. The summed E-state index contributed by atoms with van der Waals surface area (Å²) in [4.78, 5) is 12.3. The predicted octanol–water partition coefficient (Wildman–Crippen LogP) is 4.99. The highest BCUT2D eigenvalue weighted by Crippen LogP contribution is 2.24. The molecule has 0 radical (unpaired) electrons. The molecule has 6 heteroatoms. The van der Waals surface area contributed by atoms with Crippen molar-refractivity contribution in [2.45, 2.75) is 32.6 Å². The molecule has 0 fully saturated rings. The Labute approximate surface area is 163 Å². The Kier molecular flexibility index (Phi) is 5.78. The second-order valence-electron chi connectivity index (χ2n) is 7.49. The highest BCUT2D eigenvalue weighted by molar-refractivity contribution is 6.03. The number of halogens is 1. The fourth-order valence-corrected chi connectivity index (χ4v) is 2.56. The predicted molar refractivity (Wildman–Crippen MR) is 105 cm³/mol. The number of ether oxygens (including phenoxy) is 1. The van der Waals surface area contributed by atoms with Crippen LogP contribution in [0.25, 0.3) is 0 Å². The number of amides is 1. The van der Waals surface area contributed by atoms with Crippen LogP contribution in [0.1, 0.15) is 42.5 Å². The molecule has 1 N–H and O–H groups in total. The van der Waals surface area contributed by atoms with E-state index < -0.39 is 0 Å². The number of carbonyl (C=O) groups excluding carboxylic acids is 1. The van der Waals surface area contributed by atoms with Crippen molar-refractivity contribution < 1.29 is 18.4 Å². The first-order valence-electron chi connectivity index (χ1n) is 9.08. The fraction of sp³-hybridized carbons (Fsp3) is 0.273. The smallest absolute Gasteiger partial charge is 0.256 e. The summed E-state index contributed by atoms with van der Waals surface area (Å²) >= 11 is 0. The van der Waals surface area contributed by atoms with Gasteiger partial charge in [0, 0.05) is 23.5 Å². The first kappa shape index (κ1) is 19.6. The molecular weight excluding hydrogens is 359 g/mol. The Morgan fingerprint density at radius 2 is 1.86 bits per heavy atom. The third kappa shape index (κ3) is 4.97. The van der Waals surface area contributed by atoms with Gasteiger partial charge in [0.05, 0.1) is 6.61 Å². The maximum atomic E-state index is 13.6. The average Bonchev–Trinajstić information content (AvgIpc) is 3.13. The van der Waals surface area contributed by atoms with Gasteiger partial charge in [-0.15, -0.1) is 0 Å². The summed E-state index contributed by atoms with van der Waals surface area (Å²) < 4.78 is 24.5. The molecule has 0 atom stereocenters. The van der Waals surface area contributed by atoms with Crippen molar-refractivity contribution in [3.8, 4) is 5.75 Å². The minimum atomic E-state index is -0.285. The maximum absolute atomic E-state index is 13.6. The minimum absolute atomic E-state index is 0.183. The van der Waals surface area contributed by atoms with E-state index in [9.17, 15) is 9.18 Å². The van der Waals surface area contributed by atoms with E-state index in [2.05, 4.69) is 10.5 Å². The molecule has 0 saturated heterocycles. The molecule has 0 aliphatic rings. The highest BCUT2D eigenvalue weighted by Gasteiger charge is 2.20. The van der Waals surface area contributed by atoms with Gasteiger partial charge in [0.15, 0.2) is 5.82 Å². The molecule has 28 heavy (non-hydrogen) atoms. The minimum Gasteiger partial charge on any atom is -0.493 e. The van der Waals surface area contributed by atoms with Gasteiger partial charge < -0.3 is 14.6 Å². The third-order valence-electron chi connectivity index (χ3n) is 4.21. The first-order chi connectivity index (χ1) is 13.3. The van der Waals surface area contributed by atoms with Gasteiger partial charge in [-0.3, -0.25) is 4.79 Å². The Bertz CT molecular complexity index is 943. The van der Waals surface area contributed by atoms with Gasteiger partial charge in [-0.1, -0.05) is 44.1 Å². The molecule has 0 saturated carbocycles. The number of aromatic nitrogens is 1. The molecule has 0 unspecified atom stereocenters. The van der Waals surface area contributed by atoms with Crippen molar-refractivity contribution in [3.63, 3.8) is 0 Å². The lowest BCUT2D eigenvalue weighted by atomic mass is 9.93. The van der Waals surface area contributed by atoms with Crippen molar-refractivity contribution in [1.29, 1.82) is 0 Å². The van der Waals surface area contributed by atoms with Gasteiger partial charge in [0.25, 0.3) is 5.91 Å². The fourth-order valence-electron chi connectivity index (χ4n) is 2.56. The van der Waals surface area contributed by atoms with Crippen molar-refractivity contribution >= 4 is 11.7 Å². The number of nitrogens with zero attached hydrogens (tertiary/aromatic N) is 1. The van der Waals surface area contributed by atoms with Crippen LogP contribution in [0.15, 0.2) is 59.1 Å². The molecule has 1 aromatic heterocycles. The molecule has 5 nitrogen and oxygen atoms in total. The van der Waals surface area contributed by atoms with E-state index in [1.54, 1.807) is 48.5 Å². The molecule has 0 aliphatic carbocycles. The first-order valence-corrected chi connectivity index (χ1v) is 9.08. The van der Waals surface area contributed by atoms with Crippen LogP contribution in [0.2, 0.25) is 0 Å². The molecule has 2 aromatic carbocycles. The number of hydrogen-bond donors (Lipinski definition) is 1. The van der Waals surface area contributed by atoms with Crippen LogP contribution in [0.4, 0.5) is 10.2 Å². The van der Waals surface area contributed by atoms with E-state index in [1.807, 2.05) is 20.8 Å². The Morgan fingerprint density at radius 1 is 1.14 bits per heavy atom. The van der Waals surface area contributed by atoms with Gasteiger partial charge >= 0.3 is 0 Å². The van der Waals surface area contributed by atoms with E-state index in [4.69, 9.17) is 9.26 Å². The van der Waals surface area contributed by atoms with Gasteiger partial charge in [-0.25, -0.2) is 4.39 Å². The molecule has 0 bridgehead atoms. The van der Waals surface area contributed by atoms with E-state index in [1.165, 1.54) is 6.07 Å². The molecular formula is C22H23FN2O3. The van der Waals surface area contributed by atoms with Crippen molar-refractivity contribution in [3.05, 3.63) is 77.3 Å². The summed E-state index contributed by atoms with van der Waals surface area (Å²) in [5.41, 5.74) is 0.903. The molecule has 1 amide bonds. The molecule has 3 rings (SSSR count). The second-order valence-corrected chi connectivity index (χ2v) is 7.49. The Morgan fingerprint density at radius 3 is 2.50 bits per heavy atom. The summed E-state index contributed by atoms with van der Waals surface area (Å²) in [6.45, 7) is 6.36. The molecule has 1 heterocycles. The lowest BCUT2D eigenvalue weighted by Crippen LogP contribution is -2.12. The number of anilines is 1. The molecule has 146 valence electrons.